The van der Waals surface area contributed by atoms with Gasteiger partial charge in [-0.3, -0.25) is 9.00 Å². The molecule has 0 saturated carbocycles. The number of aromatic nitrogens is 1. The number of rotatable bonds is 4. The first-order chi connectivity index (χ1) is 11.6. The summed E-state index contributed by atoms with van der Waals surface area (Å²) in [4.78, 5) is 15.7. The van der Waals surface area contributed by atoms with Crippen molar-refractivity contribution in [2.75, 3.05) is 17.7 Å². The van der Waals surface area contributed by atoms with Crippen LogP contribution in [-0.2, 0) is 10.8 Å². The van der Waals surface area contributed by atoms with Gasteiger partial charge in [-0.15, -0.1) is 0 Å². The molecule has 7 heteroatoms. The molecule has 0 aliphatic carbocycles. The van der Waals surface area contributed by atoms with Crippen molar-refractivity contribution in [1.82, 2.24) is 4.98 Å². The Kier molecular flexibility index (Phi) is 3.47. The van der Waals surface area contributed by atoms with Crippen molar-refractivity contribution in [3.63, 3.8) is 0 Å². The molecule has 0 fully saturated rings. The summed E-state index contributed by atoms with van der Waals surface area (Å²) in [6.07, 6.45) is 1.72. The van der Waals surface area contributed by atoms with Crippen molar-refractivity contribution in [2.24, 2.45) is 0 Å². The van der Waals surface area contributed by atoms with Crippen LogP contribution in [0.4, 0.5) is 10.1 Å². The lowest BCUT2D eigenvalue weighted by Gasteiger charge is -2.12. The Bertz CT molecular complexity index is 999. The fourth-order valence-electron chi connectivity index (χ4n) is 3.10. The summed E-state index contributed by atoms with van der Waals surface area (Å²) < 4.78 is 27.0. The van der Waals surface area contributed by atoms with Gasteiger partial charge in [0.15, 0.2) is 0 Å². The van der Waals surface area contributed by atoms with E-state index in [2.05, 4.69) is 10.3 Å². The van der Waals surface area contributed by atoms with E-state index in [1.807, 2.05) is 0 Å². The first-order valence-electron chi connectivity index (χ1n) is 7.35. The molecule has 0 radical (unpaired) electrons. The summed E-state index contributed by atoms with van der Waals surface area (Å²) in [7, 11) is -1.58. The molecule has 1 aromatic heterocycles. The van der Waals surface area contributed by atoms with Crippen LogP contribution in [0.2, 0.25) is 0 Å². The molecule has 0 saturated heterocycles. The smallest absolute Gasteiger partial charge is 0.257 e. The van der Waals surface area contributed by atoms with Crippen LogP contribution in [0, 0.1) is 5.82 Å². The molecule has 0 spiro atoms. The number of carbonyl (C=O) groups is 1. The van der Waals surface area contributed by atoms with E-state index in [9.17, 15) is 13.4 Å². The molecule has 1 atom stereocenters. The molecule has 122 valence electrons. The normalized spacial score (nSPS) is 14.2. The third kappa shape index (κ3) is 2.09. The van der Waals surface area contributed by atoms with E-state index in [1.165, 1.54) is 12.1 Å². The number of hydrogen-bond donors (Lipinski definition) is 3. The second kappa shape index (κ2) is 5.54. The minimum Gasteiger partial charge on any atom is -0.395 e. The number of carbonyl (C=O) groups excluding carboxylic acids is 1. The van der Waals surface area contributed by atoms with Gasteiger partial charge in [0.2, 0.25) is 0 Å². The minimum absolute atomic E-state index is 0.00363. The number of halogens is 1. The predicted octanol–water partition coefficient (Wildman–Crippen LogP) is 2.64. The summed E-state index contributed by atoms with van der Waals surface area (Å²) in [6.45, 7) is -0.272. The number of anilines is 1. The summed E-state index contributed by atoms with van der Waals surface area (Å²) in [5.41, 5.74) is 2.12. The van der Waals surface area contributed by atoms with Gasteiger partial charge in [0, 0.05) is 33.9 Å². The molecular formula is C17H13FN2O3S. The van der Waals surface area contributed by atoms with Gasteiger partial charge >= 0.3 is 0 Å². The molecule has 2 heterocycles. The van der Waals surface area contributed by atoms with E-state index in [1.54, 1.807) is 24.4 Å². The van der Waals surface area contributed by atoms with Gasteiger partial charge in [-0.2, -0.15) is 0 Å². The maximum Gasteiger partial charge on any atom is 0.257 e. The monoisotopic (exact) mass is 344 g/mol. The Balaban J connectivity index is 2.15. The summed E-state index contributed by atoms with van der Waals surface area (Å²) in [6, 6.07) is 7.91. The number of aliphatic hydroxyl groups is 1. The van der Waals surface area contributed by atoms with Crippen LogP contribution >= 0.6 is 0 Å². The molecule has 5 nitrogen and oxygen atoms in total. The first-order valence-corrected chi connectivity index (χ1v) is 8.67. The van der Waals surface area contributed by atoms with E-state index in [4.69, 9.17) is 5.11 Å². The standard InChI is InChI=1S/C17H13FN2O3S/c18-10-3-4-12-16-14(17(22)20-12)9(11-2-1-5-19-11)8-13(15(10)16)24(23)7-6-21/h1-5,8,19,21H,6-7H2,(H,20,22). The van der Waals surface area contributed by atoms with E-state index >= 15 is 0 Å². The molecule has 0 bridgehead atoms. The Hall–Kier alpha value is -2.51. The molecule has 1 aliphatic heterocycles. The molecule has 2 aromatic carbocycles. The van der Waals surface area contributed by atoms with Gasteiger partial charge in [-0.05, 0) is 30.3 Å². The zero-order chi connectivity index (χ0) is 16.8. The van der Waals surface area contributed by atoms with E-state index in [-0.39, 0.29) is 28.5 Å². The average molecular weight is 344 g/mol. The summed E-state index contributed by atoms with van der Waals surface area (Å²) in [5.74, 6) is -0.848. The van der Waals surface area contributed by atoms with Crippen molar-refractivity contribution in [3.05, 3.63) is 47.9 Å². The fraction of sp³-hybridized carbons (Fsp3) is 0.118. The Labute approximate surface area is 139 Å². The molecule has 3 aromatic rings. The lowest BCUT2D eigenvalue weighted by atomic mass is 9.97. The number of H-pyrrole nitrogens is 1. The van der Waals surface area contributed by atoms with Crippen LogP contribution in [0.3, 0.4) is 0 Å². The van der Waals surface area contributed by atoms with Gasteiger partial charge in [-0.1, -0.05) is 0 Å². The van der Waals surface area contributed by atoms with Crippen molar-refractivity contribution in [1.29, 1.82) is 0 Å². The average Bonchev–Trinajstić information content (AvgIpc) is 3.20. The number of nitrogens with one attached hydrogen (secondary N) is 2. The lowest BCUT2D eigenvalue weighted by Crippen LogP contribution is -2.08. The number of aromatic amines is 1. The second-order valence-corrected chi connectivity index (χ2v) is 6.99. The predicted molar refractivity (Wildman–Crippen MR) is 90.0 cm³/mol. The van der Waals surface area contributed by atoms with Gasteiger partial charge in [-0.25, -0.2) is 4.39 Å². The Morgan fingerprint density at radius 3 is 2.75 bits per heavy atom. The quantitative estimate of drug-likeness (QED) is 0.680. The van der Waals surface area contributed by atoms with Crippen molar-refractivity contribution in [2.45, 2.75) is 4.90 Å². The SMILES string of the molecule is O=C1Nc2ccc(F)c3c(S(=O)CCO)cc(-c4ccc[nH]4)c1c23. The van der Waals surface area contributed by atoms with Crippen LogP contribution < -0.4 is 5.32 Å². The van der Waals surface area contributed by atoms with Crippen molar-refractivity contribution < 1.29 is 18.5 Å². The van der Waals surface area contributed by atoms with Crippen LogP contribution in [0.5, 0.6) is 0 Å². The van der Waals surface area contributed by atoms with Gasteiger partial charge in [0.05, 0.1) is 33.6 Å². The summed E-state index contributed by atoms with van der Waals surface area (Å²) in [5, 5.41) is 12.4. The van der Waals surface area contributed by atoms with Gasteiger partial charge in [0.1, 0.15) is 5.82 Å². The number of amides is 1. The zero-order valence-corrected chi connectivity index (χ0v) is 13.2. The Morgan fingerprint density at radius 1 is 1.21 bits per heavy atom. The number of hydrogen-bond acceptors (Lipinski definition) is 3. The first kappa shape index (κ1) is 15.0. The largest absolute Gasteiger partial charge is 0.395 e. The molecule has 1 amide bonds. The van der Waals surface area contributed by atoms with Gasteiger partial charge < -0.3 is 15.4 Å². The van der Waals surface area contributed by atoms with Crippen LogP contribution in [0.1, 0.15) is 10.4 Å². The van der Waals surface area contributed by atoms with E-state index < -0.39 is 16.6 Å². The van der Waals surface area contributed by atoms with Gasteiger partial charge in [0.25, 0.3) is 5.91 Å². The highest BCUT2D eigenvalue weighted by Gasteiger charge is 2.30. The highest BCUT2D eigenvalue weighted by molar-refractivity contribution is 7.85. The third-order valence-electron chi connectivity index (χ3n) is 4.08. The maximum absolute atomic E-state index is 14.5. The molecule has 1 unspecified atom stereocenters. The highest BCUT2D eigenvalue weighted by Crippen LogP contribution is 2.42. The maximum atomic E-state index is 14.5. The second-order valence-electron chi connectivity index (χ2n) is 5.45. The van der Waals surface area contributed by atoms with Crippen LogP contribution in [-0.4, -0.2) is 32.6 Å². The minimum atomic E-state index is -1.58. The molecule has 1 aliphatic rings. The fourth-order valence-corrected chi connectivity index (χ4v) is 4.16. The van der Waals surface area contributed by atoms with Crippen LogP contribution in [0.15, 0.2) is 41.4 Å². The molecular weight excluding hydrogens is 331 g/mol. The van der Waals surface area contributed by atoms with Crippen molar-refractivity contribution in [3.8, 4) is 11.3 Å². The highest BCUT2D eigenvalue weighted by atomic mass is 32.2. The van der Waals surface area contributed by atoms with E-state index in [0.29, 0.717) is 27.9 Å². The summed E-state index contributed by atoms with van der Waals surface area (Å²) >= 11 is 0. The third-order valence-corrected chi connectivity index (χ3v) is 5.45. The zero-order valence-electron chi connectivity index (χ0n) is 12.4. The lowest BCUT2D eigenvalue weighted by molar-refractivity contribution is 0.103. The number of aliphatic hydroxyl groups excluding tert-OH is 1. The van der Waals surface area contributed by atoms with E-state index in [0.717, 1.165) is 0 Å². The Morgan fingerprint density at radius 2 is 2.04 bits per heavy atom. The molecule has 3 N–H and O–H groups in total. The topological polar surface area (TPSA) is 82.2 Å². The molecule has 4 rings (SSSR count). The van der Waals surface area contributed by atoms with Crippen molar-refractivity contribution >= 4 is 33.2 Å². The number of benzene rings is 2. The molecule has 24 heavy (non-hydrogen) atoms. The van der Waals surface area contributed by atoms with Crippen LogP contribution in [0.25, 0.3) is 22.0 Å².